The standard InChI is InChI=1S/C13H10ClN5/c14-10-6-8-4-2-1-3-7(8)5-9(10)11-12(15)17-13(16)19-18-11/h1-6H,(H4,15,16,17,19). The number of nitrogens with zero attached hydrogens (tertiary/aromatic N) is 3. The van der Waals surface area contributed by atoms with E-state index in [0.29, 0.717) is 16.3 Å². The van der Waals surface area contributed by atoms with E-state index in [4.69, 9.17) is 23.1 Å². The number of halogens is 1. The smallest absolute Gasteiger partial charge is 0.242 e. The van der Waals surface area contributed by atoms with Crippen molar-refractivity contribution in [2.24, 2.45) is 0 Å². The Morgan fingerprint density at radius 1 is 0.947 bits per heavy atom. The topological polar surface area (TPSA) is 90.7 Å². The van der Waals surface area contributed by atoms with Crippen molar-refractivity contribution in [2.75, 3.05) is 11.5 Å². The van der Waals surface area contributed by atoms with Crippen LogP contribution in [0.3, 0.4) is 0 Å². The Labute approximate surface area is 114 Å². The highest BCUT2D eigenvalue weighted by Crippen LogP contribution is 2.33. The molecule has 0 saturated heterocycles. The molecule has 1 heterocycles. The van der Waals surface area contributed by atoms with E-state index in [1.54, 1.807) is 0 Å². The number of rotatable bonds is 1. The van der Waals surface area contributed by atoms with Gasteiger partial charge in [0.1, 0.15) is 5.69 Å². The first-order valence-corrected chi connectivity index (χ1v) is 5.97. The molecule has 0 aliphatic carbocycles. The number of anilines is 2. The van der Waals surface area contributed by atoms with Gasteiger partial charge in [-0.15, -0.1) is 10.2 Å². The van der Waals surface area contributed by atoms with Crippen LogP contribution in [0.4, 0.5) is 11.8 Å². The first-order valence-electron chi connectivity index (χ1n) is 5.59. The molecular formula is C13H10ClN5. The monoisotopic (exact) mass is 271 g/mol. The van der Waals surface area contributed by atoms with Crippen LogP contribution in [0.5, 0.6) is 0 Å². The molecule has 0 amide bonds. The van der Waals surface area contributed by atoms with Crippen LogP contribution in [0.15, 0.2) is 36.4 Å². The molecule has 0 aliphatic heterocycles. The molecule has 0 spiro atoms. The van der Waals surface area contributed by atoms with Gasteiger partial charge in [0.15, 0.2) is 5.82 Å². The van der Waals surface area contributed by atoms with Gasteiger partial charge in [0.2, 0.25) is 5.95 Å². The average molecular weight is 272 g/mol. The predicted molar refractivity (Wildman–Crippen MR) is 76.6 cm³/mol. The molecule has 1 aromatic heterocycles. The molecule has 0 fully saturated rings. The van der Waals surface area contributed by atoms with Crippen molar-refractivity contribution in [3.05, 3.63) is 41.4 Å². The summed E-state index contributed by atoms with van der Waals surface area (Å²) in [5, 5.41) is 10.3. The maximum atomic E-state index is 6.27. The maximum absolute atomic E-state index is 6.27. The van der Waals surface area contributed by atoms with Gasteiger partial charge < -0.3 is 11.5 Å². The van der Waals surface area contributed by atoms with Gasteiger partial charge in [0.05, 0.1) is 5.02 Å². The van der Waals surface area contributed by atoms with E-state index in [1.165, 1.54) is 0 Å². The van der Waals surface area contributed by atoms with Crippen LogP contribution in [-0.4, -0.2) is 15.2 Å². The van der Waals surface area contributed by atoms with Gasteiger partial charge in [-0.2, -0.15) is 4.98 Å². The van der Waals surface area contributed by atoms with Crippen LogP contribution < -0.4 is 11.5 Å². The molecule has 0 radical (unpaired) electrons. The summed E-state index contributed by atoms with van der Waals surface area (Å²) in [6, 6.07) is 11.7. The zero-order valence-electron chi connectivity index (χ0n) is 9.84. The van der Waals surface area contributed by atoms with Gasteiger partial charge in [-0.3, -0.25) is 0 Å². The van der Waals surface area contributed by atoms with Crippen molar-refractivity contribution in [1.29, 1.82) is 0 Å². The fraction of sp³-hybridized carbons (Fsp3) is 0. The number of benzene rings is 2. The zero-order chi connectivity index (χ0) is 13.4. The Bertz CT molecular complexity index is 772. The Balaban J connectivity index is 2.27. The van der Waals surface area contributed by atoms with E-state index in [2.05, 4.69) is 15.2 Å². The highest BCUT2D eigenvalue weighted by Gasteiger charge is 2.12. The third-order valence-corrected chi connectivity index (χ3v) is 3.13. The van der Waals surface area contributed by atoms with Gasteiger partial charge >= 0.3 is 0 Å². The summed E-state index contributed by atoms with van der Waals surface area (Å²) >= 11 is 6.27. The van der Waals surface area contributed by atoms with Crippen molar-refractivity contribution < 1.29 is 0 Å². The van der Waals surface area contributed by atoms with Crippen LogP contribution >= 0.6 is 11.6 Å². The summed E-state index contributed by atoms with van der Waals surface area (Å²) in [7, 11) is 0. The second-order valence-electron chi connectivity index (χ2n) is 4.08. The second kappa shape index (κ2) is 4.37. The van der Waals surface area contributed by atoms with Crippen molar-refractivity contribution >= 4 is 34.1 Å². The highest BCUT2D eigenvalue weighted by molar-refractivity contribution is 6.34. The lowest BCUT2D eigenvalue weighted by molar-refractivity contribution is 1.000. The summed E-state index contributed by atoms with van der Waals surface area (Å²) in [6.45, 7) is 0. The molecule has 6 heteroatoms. The summed E-state index contributed by atoms with van der Waals surface area (Å²) in [6.07, 6.45) is 0. The molecular weight excluding hydrogens is 262 g/mol. The molecule has 94 valence electrons. The number of hydrogen-bond acceptors (Lipinski definition) is 5. The number of hydrogen-bond donors (Lipinski definition) is 2. The van der Waals surface area contributed by atoms with Gasteiger partial charge in [0, 0.05) is 5.56 Å². The molecule has 0 atom stereocenters. The van der Waals surface area contributed by atoms with E-state index in [9.17, 15) is 0 Å². The Morgan fingerprint density at radius 2 is 1.63 bits per heavy atom. The number of nitrogen functional groups attached to an aromatic ring is 2. The zero-order valence-corrected chi connectivity index (χ0v) is 10.6. The number of nitrogens with two attached hydrogens (primary N) is 2. The van der Waals surface area contributed by atoms with E-state index in [1.807, 2.05) is 36.4 Å². The molecule has 0 saturated carbocycles. The molecule has 0 aliphatic rings. The van der Waals surface area contributed by atoms with Crippen molar-refractivity contribution in [2.45, 2.75) is 0 Å². The van der Waals surface area contributed by atoms with Crippen LogP contribution in [-0.2, 0) is 0 Å². The third-order valence-electron chi connectivity index (χ3n) is 2.82. The van der Waals surface area contributed by atoms with Crippen LogP contribution in [0.1, 0.15) is 0 Å². The number of aromatic nitrogens is 3. The van der Waals surface area contributed by atoms with Gasteiger partial charge in [-0.25, -0.2) is 0 Å². The molecule has 3 rings (SSSR count). The van der Waals surface area contributed by atoms with Gasteiger partial charge in [0.25, 0.3) is 0 Å². The lowest BCUT2D eigenvalue weighted by Gasteiger charge is -2.07. The lowest BCUT2D eigenvalue weighted by atomic mass is 10.0. The fourth-order valence-electron chi connectivity index (χ4n) is 1.94. The van der Waals surface area contributed by atoms with Crippen molar-refractivity contribution in [3.8, 4) is 11.3 Å². The minimum atomic E-state index is 0.0400. The van der Waals surface area contributed by atoms with Crippen LogP contribution in [0, 0.1) is 0 Å². The van der Waals surface area contributed by atoms with Gasteiger partial charge in [-0.1, -0.05) is 35.9 Å². The Morgan fingerprint density at radius 3 is 2.32 bits per heavy atom. The van der Waals surface area contributed by atoms with E-state index in [-0.39, 0.29) is 11.8 Å². The Hall–Kier alpha value is -2.40. The van der Waals surface area contributed by atoms with Crippen LogP contribution in [0.25, 0.3) is 22.0 Å². The quantitative estimate of drug-likeness (QED) is 0.710. The van der Waals surface area contributed by atoms with Crippen molar-refractivity contribution in [3.63, 3.8) is 0 Å². The van der Waals surface area contributed by atoms with Gasteiger partial charge in [-0.05, 0) is 22.9 Å². The molecule has 3 aromatic rings. The average Bonchev–Trinajstić information content (AvgIpc) is 2.38. The number of fused-ring (bicyclic) bond motifs is 1. The second-order valence-corrected chi connectivity index (χ2v) is 4.49. The fourth-order valence-corrected chi connectivity index (χ4v) is 2.20. The summed E-state index contributed by atoms with van der Waals surface area (Å²) in [5.74, 6) is 0.253. The minimum Gasteiger partial charge on any atom is -0.382 e. The molecule has 4 N–H and O–H groups in total. The summed E-state index contributed by atoms with van der Waals surface area (Å²) in [5.41, 5.74) is 12.4. The Kier molecular flexibility index (Phi) is 2.68. The molecule has 0 unspecified atom stereocenters. The third kappa shape index (κ3) is 2.04. The van der Waals surface area contributed by atoms with E-state index < -0.39 is 0 Å². The lowest BCUT2D eigenvalue weighted by Crippen LogP contribution is -2.04. The molecule has 19 heavy (non-hydrogen) atoms. The highest BCUT2D eigenvalue weighted by atomic mass is 35.5. The van der Waals surface area contributed by atoms with Crippen LogP contribution in [0.2, 0.25) is 5.02 Å². The minimum absolute atomic E-state index is 0.0400. The normalized spacial score (nSPS) is 10.8. The molecule has 0 bridgehead atoms. The first kappa shape index (κ1) is 11.7. The largest absolute Gasteiger partial charge is 0.382 e. The SMILES string of the molecule is Nc1nnc(-c2cc3ccccc3cc2Cl)c(N)n1. The first-order chi connectivity index (χ1) is 9.15. The van der Waals surface area contributed by atoms with Crippen molar-refractivity contribution in [1.82, 2.24) is 15.2 Å². The van der Waals surface area contributed by atoms with E-state index >= 15 is 0 Å². The molecule has 2 aromatic carbocycles. The maximum Gasteiger partial charge on any atom is 0.242 e. The predicted octanol–water partition coefficient (Wildman–Crippen LogP) is 2.51. The molecule has 5 nitrogen and oxygen atoms in total. The van der Waals surface area contributed by atoms with E-state index in [0.717, 1.165) is 10.8 Å². The summed E-state index contributed by atoms with van der Waals surface area (Å²) < 4.78 is 0. The summed E-state index contributed by atoms with van der Waals surface area (Å²) in [4.78, 5) is 3.89.